The third kappa shape index (κ3) is 6.20. The summed E-state index contributed by atoms with van der Waals surface area (Å²) in [4.78, 5) is 30.8. The van der Waals surface area contributed by atoms with E-state index in [2.05, 4.69) is 31.0 Å². The van der Waals surface area contributed by atoms with E-state index in [9.17, 15) is 14.7 Å². The van der Waals surface area contributed by atoms with Crippen molar-refractivity contribution in [3.63, 3.8) is 0 Å². The molecule has 2 aliphatic heterocycles. The molecule has 2 aliphatic rings. The van der Waals surface area contributed by atoms with E-state index in [1.807, 2.05) is 44.7 Å². The lowest BCUT2D eigenvalue weighted by atomic mass is 9.66. The molecule has 7 heteroatoms. The lowest BCUT2D eigenvalue weighted by Gasteiger charge is -2.51. The van der Waals surface area contributed by atoms with E-state index in [0.717, 1.165) is 25.1 Å². The third-order valence-corrected chi connectivity index (χ3v) is 8.29. The van der Waals surface area contributed by atoms with Crippen molar-refractivity contribution in [3.05, 3.63) is 34.9 Å². The van der Waals surface area contributed by atoms with Gasteiger partial charge in [0.15, 0.2) is 0 Å². The van der Waals surface area contributed by atoms with Crippen molar-refractivity contribution in [1.29, 1.82) is 0 Å². The zero-order chi connectivity index (χ0) is 26.2. The summed E-state index contributed by atoms with van der Waals surface area (Å²) in [6.45, 7) is 17.3. The molecule has 1 aromatic carbocycles. The van der Waals surface area contributed by atoms with Crippen LogP contribution in [0.4, 0.5) is 0 Å². The average molecular weight is 506 g/mol. The minimum absolute atomic E-state index is 0.0266. The molecular formula is C28H44ClN3O3. The molecule has 0 unspecified atom stereocenters. The molecule has 2 saturated heterocycles. The van der Waals surface area contributed by atoms with E-state index >= 15 is 0 Å². The first-order valence-electron chi connectivity index (χ1n) is 13.0. The van der Waals surface area contributed by atoms with Gasteiger partial charge in [0.25, 0.3) is 0 Å². The topological polar surface area (TPSA) is 72.9 Å². The minimum atomic E-state index is -1.06. The molecule has 3 atom stereocenters. The Labute approximate surface area is 216 Å². The van der Waals surface area contributed by atoms with Crippen LogP contribution in [0, 0.1) is 17.3 Å². The molecule has 0 spiro atoms. The number of halogens is 1. The summed E-state index contributed by atoms with van der Waals surface area (Å²) >= 11 is 6.05. The van der Waals surface area contributed by atoms with Crippen molar-refractivity contribution in [2.45, 2.75) is 84.9 Å². The van der Waals surface area contributed by atoms with E-state index in [1.54, 1.807) is 12.1 Å². The van der Waals surface area contributed by atoms with Crippen LogP contribution in [0.1, 0.15) is 73.3 Å². The molecule has 35 heavy (non-hydrogen) atoms. The summed E-state index contributed by atoms with van der Waals surface area (Å²) in [5, 5.41) is 15.3. The van der Waals surface area contributed by atoms with Gasteiger partial charge in [-0.05, 0) is 69.7 Å². The average Bonchev–Trinajstić information content (AvgIpc) is 3.22. The number of hydrogen-bond acceptors (Lipinski definition) is 4. The van der Waals surface area contributed by atoms with Crippen molar-refractivity contribution in [1.82, 2.24) is 15.1 Å². The summed E-state index contributed by atoms with van der Waals surface area (Å²) in [6.07, 6.45) is 1.89. The molecule has 0 aliphatic carbocycles. The molecule has 3 rings (SSSR count). The van der Waals surface area contributed by atoms with Crippen LogP contribution in [0.3, 0.4) is 0 Å². The first-order chi connectivity index (χ1) is 16.1. The second-order valence-corrected chi connectivity index (χ2v) is 13.0. The van der Waals surface area contributed by atoms with Gasteiger partial charge in [-0.3, -0.25) is 14.5 Å². The Morgan fingerprint density at radius 2 is 1.80 bits per heavy atom. The second kappa shape index (κ2) is 10.4. The molecular weight excluding hydrogens is 462 g/mol. The second-order valence-electron chi connectivity index (χ2n) is 12.5. The molecule has 0 radical (unpaired) electrons. The van der Waals surface area contributed by atoms with Crippen molar-refractivity contribution in [3.8, 4) is 0 Å². The number of hydrogen-bond donors (Lipinski definition) is 2. The minimum Gasteiger partial charge on any atom is -0.384 e. The number of nitrogens with zero attached hydrogens (tertiary/aromatic N) is 2. The quantitative estimate of drug-likeness (QED) is 0.599. The molecule has 196 valence electrons. The lowest BCUT2D eigenvalue weighted by Crippen LogP contribution is -2.60. The fraction of sp³-hybridized carbons (Fsp3) is 0.714. The Kier molecular flexibility index (Phi) is 8.30. The van der Waals surface area contributed by atoms with Crippen LogP contribution in [-0.4, -0.2) is 64.5 Å². The van der Waals surface area contributed by atoms with Crippen LogP contribution in [-0.2, 0) is 15.2 Å². The maximum atomic E-state index is 13.6. The molecule has 6 nitrogen and oxygen atoms in total. The summed E-state index contributed by atoms with van der Waals surface area (Å²) < 4.78 is 0. The number of benzene rings is 1. The molecule has 2 N–H and O–H groups in total. The van der Waals surface area contributed by atoms with Gasteiger partial charge in [0, 0.05) is 42.0 Å². The van der Waals surface area contributed by atoms with Crippen LogP contribution in [0.2, 0.25) is 5.02 Å². The van der Waals surface area contributed by atoms with E-state index < -0.39 is 17.1 Å². The molecule has 0 saturated carbocycles. The van der Waals surface area contributed by atoms with E-state index in [1.165, 1.54) is 0 Å². The lowest BCUT2D eigenvalue weighted by molar-refractivity contribution is -0.156. The fourth-order valence-corrected chi connectivity index (χ4v) is 5.71. The standard InChI is InChI=1S/C28H44ClN3O3/c1-19(2)24(30-23(33)16-20-12-14-32(17-20)26(3,4)5)25(34)31-15-13-28(35,27(6,7)18-31)21-8-10-22(29)11-9-21/h8-11,19-20,24,35H,12-18H2,1-7H3,(H,30,33)/t20-,24-,28+/m1/s1. The van der Waals surface area contributed by atoms with E-state index in [0.29, 0.717) is 36.9 Å². The van der Waals surface area contributed by atoms with Gasteiger partial charge in [0.05, 0.1) is 5.60 Å². The monoisotopic (exact) mass is 505 g/mol. The summed E-state index contributed by atoms with van der Waals surface area (Å²) in [7, 11) is 0. The first-order valence-corrected chi connectivity index (χ1v) is 13.3. The summed E-state index contributed by atoms with van der Waals surface area (Å²) in [5.41, 5.74) is -0.711. The van der Waals surface area contributed by atoms with E-state index in [-0.39, 0.29) is 23.3 Å². The SMILES string of the molecule is CC(C)[C@@H](NC(=O)C[C@H]1CCN(C(C)(C)C)C1)C(=O)N1CC[C@](O)(c2ccc(Cl)cc2)C(C)(C)C1. The van der Waals surface area contributed by atoms with Crippen LogP contribution < -0.4 is 5.32 Å². The maximum absolute atomic E-state index is 13.6. The molecule has 0 aromatic heterocycles. The predicted octanol–water partition coefficient (Wildman–Crippen LogP) is 4.44. The van der Waals surface area contributed by atoms with Gasteiger partial charge >= 0.3 is 0 Å². The normalized spacial score (nSPS) is 26.1. The highest BCUT2D eigenvalue weighted by Gasteiger charge is 2.50. The van der Waals surface area contributed by atoms with Gasteiger partial charge in [-0.15, -0.1) is 0 Å². The van der Waals surface area contributed by atoms with Crippen LogP contribution in [0.15, 0.2) is 24.3 Å². The van der Waals surface area contributed by atoms with Gasteiger partial charge in [0.1, 0.15) is 6.04 Å². The number of amides is 2. The molecule has 2 heterocycles. The maximum Gasteiger partial charge on any atom is 0.245 e. The number of carbonyl (C=O) groups is 2. The predicted molar refractivity (Wildman–Crippen MR) is 141 cm³/mol. The van der Waals surface area contributed by atoms with Gasteiger partial charge in [-0.2, -0.15) is 0 Å². The Morgan fingerprint density at radius 1 is 1.17 bits per heavy atom. The highest BCUT2D eigenvalue weighted by atomic mass is 35.5. The van der Waals surface area contributed by atoms with Gasteiger partial charge in [0.2, 0.25) is 11.8 Å². The van der Waals surface area contributed by atoms with Crippen molar-refractivity contribution >= 4 is 23.4 Å². The molecule has 0 bridgehead atoms. The number of piperidine rings is 1. The molecule has 2 amide bonds. The highest BCUT2D eigenvalue weighted by molar-refractivity contribution is 6.30. The van der Waals surface area contributed by atoms with Crippen LogP contribution in [0.5, 0.6) is 0 Å². The Balaban J connectivity index is 1.64. The number of nitrogens with one attached hydrogen (secondary N) is 1. The van der Waals surface area contributed by atoms with Gasteiger partial charge in [-0.25, -0.2) is 0 Å². The summed E-state index contributed by atoms with van der Waals surface area (Å²) in [5.74, 6) is 0.177. The van der Waals surface area contributed by atoms with E-state index in [4.69, 9.17) is 11.6 Å². The van der Waals surface area contributed by atoms with Crippen molar-refractivity contribution in [2.75, 3.05) is 26.2 Å². The zero-order valence-electron chi connectivity index (χ0n) is 22.5. The van der Waals surface area contributed by atoms with Crippen molar-refractivity contribution < 1.29 is 14.7 Å². The molecule has 1 aromatic rings. The fourth-order valence-electron chi connectivity index (χ4n) is 5.58. The first kappa shape index (κ1) is 27.9. The highest BCUT2D eigenvalue weighted by Crippen LogP contribution is 2.46. The van der Waals surface area contributed by atoms with Gasteiger partial charge in [-0.1, -0.05) is 51.4 Å². The Bertz CT molecular complexity index is 909. The third-order valence-electron chi connectivity index (χ3n) is 8.04. The smallest absolute Gasteiger partial charge is 0.245 e. The van der Waals surface area contributed by atoms with Gasteiger partial charge < -0.3 is 15.3 Å². The van der Waals surface area contributed by atoms with Crippen LogP contribution in [0.25, 0.3) is 0 Å². The molecule has 2 fully saturated rings. The Morgan fingerprint density at radius 3 is 2.31 bits per heavy atom. The zero-order valence-corrected chi connectivity index (χ0v) is 23.3. The number of aliphatic hydroxyl groups is 1. The number of carbonyl (C=O) groups excluding carboxylic acids is 2. The largest absolute Gasteiger partial charge is 0.384 e. The number of likely N-dealkylation sites (tertiary alicyclic amines) is 2. The Hall–Kier alpha value is -1.63. The van der Waals surface area contributed by atoms with Crippen LogP contribution >= 0.6 is 11.6 Å². The summed E-state index contributed by atoms with van der Waals surface area (Å²) in [6, 6.07) is 6.74. The van der Waals surface area contributed by atoms with Crippen molar-refractivity contribution in [2.24, 2.45) is 17.3 Å². The number of rotatable bonds is 6.